The zero-order valence-corrected chi connectivity index (χ0v) is 18.5. The molecule has 0 atom stereocenters. The highest BCUT2D eigenvalue weighted by Gasteiger charge is 2.21. The average molecular weight is 452 g/mol. The molecule has 0 amide bonds. The van der Waals surface area contributed by atoms with Crippen molar-refractivity contribution in [2.75, 3.05) is 0 Å². The lowest BCUT2D eigenvalue weighted by Gasteiger charge is -2.17. The normalized spacial score (nSPS) is 11.1. The Morgan fingerprint density at radius 1 is 0.853 bits per heavy atom. The van der Waals surface area contributed by atoms with Crippen LogP contribution in [0.15, 0.2) is 82.0 Å². The quantitative estimate of drug-likeness (QED) is 0.307. The number of aromatic hydroxyl groups is 1. The number of hydrogen-bond donors (Lipinski definition) is 2. The Morgan fingerprint density at radius 3 is 2.32 bits per heavy atom. The maximum Gasteiger partial charge on any atom is 0.336 e. The number of carboxylic acid groups (broad SMARTS) is 1. The van der Waals surface area contributed by atoms with E-state index in [-0.39, 0.29) is 16.7 Å². The van der Waals surface area contributed by atoms with Gasteiger partial charge in [-0.15, -0.1) is 0 Å². The van der Waals surface area contributed by atoms with Gasteiger partial charge in [0.25, 0.3) is 0 Å². The fraction of sp³-hybridized carbons (Fsp3) is 0.0714. The largest absolute Gasteiger partial charge is 0.507 e. The molecule has 1 heterocycles. The first-order valence-electron chi connectivity index (χ1n) is 10.6. The molecule has 3 aromatic rings. The van der Waals surface area contributed by atoms with Gasteiger partial charge in [-0.3, -0.25) is 4.79 Å². The number of ether oxygens (including phenoxy) is 1. The first-order chi connectivity index (χ1) is 16.3. The van der Waals surface area contributed by atoms with E-state index in [4.69, 9.17) is 9.15 Å². The summed E-state index contributed by atoms with van der Waals surface area (Å²) in [5.74, 6) is 0.587. The number of phenols is 1. The molecule has 0 fully saturated rings. The third kappa shape index (κ3) is 3.65. The molecule has 168 valence electrons. The Balaban J connectivity index is 1.74. The van der Waals surface area contributed by atoms with E-state index in [9.17, 15) is 19.8 Å². The molecule has 5 rings (SSSR count). The van der Waals surface area contributed by atoms with E-state index in [2.05, 4.69) is 0 Å². The van der Waals surface area contributed by atoms with Gasteiger partial charge in [-0.25, -0.2) is 4.79 Å². The Labute approximate surface area is 194 Å². The summed E-state index contributed by atoms with van der Waals surface area (Å²) in [6.07, 6.45) is 0. The molecular weight excluding hydrogens is 432 g/mol. The topological polar surface area (TPSA) is 97.0 Å². The van der Waals surface area contributed by atoms with Crippen molar-refractivity contribution < 1.29 is 24.2 Å². The lowest BCUT2D eigenvalue weighted by Crippen LogP contribution is -2.03. The highest BCUT2D eigenvalue weighted by Crippen LogP contribution is 2.42. The van der Waals surface area contributed by atoms with Gasteiger partial charge in [0.2, 0.25) is 0 Å². The van der Waals surface area contributed by atoms with Crippen molar-refractivity contribution in [3.63, 3.8) is 0 Å². The van der Waals surface area contributed by atoms with Gasteiger partial charge >= 0.3 is 5.97 Å². The Hall–Kier alpha value is -4.58. The molecule has 0 saturated heterocycles. The van der Waals surface area contributed by atoms with Crippen molar-refractivity contribution in [2.45, 2.75) is 13.8 Å². The highest BCUT2D eigenvalue weighted by molar-refractivity contribution is 6.07. The van der Waals surface area contributed by atoms with Crippen LogP contribution in [0.25, 0.3) is 33.4 Å². The minimum atomic E-state index is -1.05. The Bertz CT molecular complexity index is 1590. The van der Waals surface area contributed by atoms with Gasteiger partial charge < -0.3 is 19.4 Å². The molecule has 0 spiro atoms. The predicted molar refractivity (Wildman–Crippen MR) is 129 cm³/mol. The van der Waals surface area contributed by atoms with Crippen LogP contribution < -0.4 is 10.2 Å². The molecule has 6 nitrogen and oxygen atoms in total. The van der Waals surface area contributed by atoms with Crippen LogP contribution in [0.1, 0.15) is 21.5 Å². The van der Waals surface area contributed by atoms with E-state index in [1.807, 2.05) is 6.07 Å². The summed E-state index contributed by atoms with van der Waals surface area (Å²) in [6, 6.07) is 20.0. The van der Waals surface area contributed by atoms with Crippen LogP contribution in [0.2, 0.25) is 0 Å². The van der Waals surface area contributed by atoms with E-state index in [1.54, 1.807) is 68.4 Å². The zero-order valence-electron chi connectivity index (χ0n) is 18.5. The zero-order chi connectivity index (χ0) is 24.0. The van der Waals surface area contributed by atoms with Crippen molar-refractivity contribution in [3.8, 4) is 39.7 Å². The Kier molecular flexibility index (Phi) is 5.06. The summed E-state index contributed by atoms with van der Waals surface area (Å²) < 4.78 is 12.1. The second kappa shape index (κ2) is 8.08. The summed E-state index contributed by atoms with van der Waals surface area (Å²) in [6.45, 7) is 3.59. The van der Waals surface area contributed by atoms with Gasteiger partial charge in [-0.1, -0.05) is 18.2 Å². The number of fused-ring (bicyclic) bond motifs is 2. The van der Waals surface area contributed by atoms with Crippen LogP contribution in [-0.2, 0) is 0 Å². The monoisotopic (exact) mass is 452 g/mol. The molecule has 3 aromatic carbocycles. The second-order valence-electron chi connectivity index (χ2n) is 8.15. The number of carboxylic acids is 1. The SMILES string of the molecule is Cc1cc(Oc2ccc3c(-c4ccccc4C(=O)O)c4ccc(=O)cc-4oc3c2)cc(C)c1O. The summed E-state index contributed by atoms with van der Waals surface area (Å²) >= 11 is 0. The van der Waals surface area contributed by atoms with Crippen LogP contribution in [0.4, 0.5) is 0 Å². The second-order valence-corrected chi connectivity index (χ2v) is 8.15. The molecule has 1 aliphatic carbocycles. The smallest absolute Gasteiger partial charge is 0.336 e. The summed E-state index contributed by atoms with van der Waals surface area (Å²) in [4.78, 5) is 24.0. The van der Waals surface area contributed by atoms with Gasteiger partial charge in [0.1, 0.15) is 28.6 Å². The first-order valence-corrected chi connectivity index (χ1v) is 10.6. The van der Waals surface area contributed by atoms with Crippen molar-refractivity contribution in [2.24, 2.45) is 0 Å². The van der Waals surface area contributed by atoms with E-state index >= 15 is 0 Å². The van der Waals surface area contributed by atoms with Gasteiger partial charge in [0.05, 0.1) is 5.56 Å². The van der Waals surface area contributed by atoms with Crippen molar-refractivity contribution in [1.82, 2.24) is 0 Å². The number of aromatic carboxylic acids is 1. The molecule has 0 bridgehead atoms. The third-order valence-corrected chi connectivity index (χ3v) is 5.79. The number of aryl methyl sites for hydroxylation is 2. The van der Waals surface area contributed by atoms with Gasteiger partial charge in [-0.05, 0) is 73.0 Å². The molecule has 6 heteroatoms. The first kappa shape index (κ1) is 21.3. The molecular formula is C28H20O6. The molecule has 34 heavy (non-hydrogen) atoms. The minimum Gasteiger partial charge on any atom is -0.507 e. The van der Waals surface area contributed by atoms with Gasteiger partial charge in [-0.2, -0.15) is 0 Å². The van der Waals surface area contributed by atoms with Crippen molar-refractivity contribution >= 4 is 16.9 Å². The number of benzene rings is 4. The molecule has 2 aliphatic rings. The number of carbonyl (C=O) groups is 1. The average Bonchev–Trinajstić information content (AvgIpc) is 2.80. The van der Waals surface area contributed by atoms with Crippen LogP contribution in [-0.4, -0.2) is 16.2 Å². The molecule has 0 aromatic heterocycles. The fourth-order valence-electron chi connectivity index (χ4n) is 4.20. The van der Waals surface area contributed by atoms with E-state index in [0.29, 0.717) is 56.0 Å². The van der Waals surface area contributed by atoms with E-state index in [0.717, 1.165) is 0 Å². The number of rotatable bonds is 4. The molecule has 0 saturated carbocycles. The standard InChI is InChI=1S/C28H20O6/c1-15-11-19(12-16(2)27(15)30)33-18-8-10-23-25(14-18)34-24-13-17(29)7-9-22(24)26(23)20-5-3-4-6-21(20)28(31)32/h3-14,30H,1-2H3,(H,31,32). The fourth-order valence-corrected chi connectivity index (χ4v) is 4.20. The van der Waals surface area contributed by atoms with Crippen LogP contribution >= 0.6 is 0 Å². The van der Waals surface area contributed by atoms with Crippen LogP contribution in [0.5, 0.6) is 17.2 Å². The third-order valence-electron chi connectivity index (χ3n) is 5.79. The van der Waals surface area contributed by atoms with Crippen molar-refractivity contribution in [1.29, 1.82) is 0 Å². The Morgan fingerprint density at radius 2 is 1.59 bits per heavy atom. The summed E-state index contributed by atoms with van der Waals surface area (Å²) in [5.41, 5.74) is 3.60. The van der Waals surface area contributed by atoms with Gasteiger partial charge in [0, 0.05) is 28.6 Å². The molecule has 2 N–H and O–H groups in total. The van der Waals surface area contributed by atoms with Crippen LogP contribution in [0.3, 0.4) is 0 Å². The maximum absolute atomic E-state index is 12.0. The van der Waals surface area contributed by atoms with E-state index < -0.39 is 5.97 Å². The molecule has 0 radical (unpaired) electrons. The molecule has 0 unspecified atom stereocenters. The van der Waals surface area contributed by atoms with E-state index in [1.165, 1.54) is 12.1 Å². The van der Waals surface area contributed by atoms with Crippen molar-refractivity contribution in [3.05, 3.63) is 99.7 Å². The predicted octanol–water partition coefficient (Wildman–Crippen LogP) is 6.38. The number of phenolic OH excluding ortho intramolecular Hbond substituents is 1. The molecule has 1 aliphatic heterocycles. The minimum absolute atomic E-state index is 0.151. The lowest BCUT2D eigenvalue weighted by molar-refractivity contribution is 0.0697. The van der Waals surface area contributed by atoms with Gasteiger partial charge in [0.15, 0.2) is 5.43 Å². The highest BCUT2D eigenvalue weighted by atomic mass is 16.5. The number of hydrogen-bond acceptors (Lipinski definition) is 5. The maximum atomic E-state index is 12.0. The lowest BCUT2D eigenvalue weighted by atomic mass is 9.91. The summed E-state index contributed by atoms with van der Waals surface area (Å²) in [7, 11) is 0. The summed E-state index contributed by atoms with van der Waals surface area (Å²) in [5, 5.41) is 20.5. The van der Waals surface area contributed by atoms with Crippen LogP contribution in [0, 0.1) is 13.8 Å².